The molecule has 4 rings (SSSR count). The van der Waals surface area contributed by atoms with Crippen LogP contribution in [-0.4, -0.2) is 22.9 Å². The highest BCUT2D eigenvalue weighted by atomic mass is 127. The second kappa shape index (κ2) is 6.01. The number of nitrogens with one attached hydrogen (secondary N) is 1. The summed E-state index contributed by atoms with van der Waals surface area (Å²) in [5.41, 5.74) is 3.63. The van der Waals surface area contributed by atoms with Crippen LogP contribution < -0.4 is 5.32 Å². The van der Waals surface area contributed by atoms with Crippen LogP contribution in [0.2, 0.25) is 0 Å². The Morgan fingerprint density at radius 2 is 2.00 bits per heavy atom. The Morgan fingerprint density at radius 3 is 2.73 bits per heavy atom. The summed E-state index contributed by atoms with van der Waals surface area (Å²) in [6.45, 7) is 2.26. The van der Waals surface area contributed by atoms with Crippen LogP contribution in [0, 0.1) is 3.57 Å². The zero-order chi connectivity index (χ0) is 14.9. The van der Waals surface area contributed by atoms with Gasteiger partial charge in [-0.15, -0.1) is 0 Å². The van der Waals surface area contributed by atoms with Crippen molar-refractivity contribution in [1.29, 1.82) is 0 Å². The number of nitrogens with zero attached hydrogens (tertiary/aromatic N) is 2. The minimum Gasteiger partial charge on any atom is -0.316 e. The monoisotopic (exact) mass is 403 g/mol. The molecule has 0 radical (unpaired) electrons. The molecule has 2 aromatic carbocycles. The number of hydrogen-bond donors (Lipinski definition) is 1. The third-order valence-corrected chi connectivity index (χ3v) is 5.28. The molecule has 4 heteroatoms. The molecule has 1 aliphatic heterocycles. The van der Waals surface area contributed by atoms with Crippen LogP contribution in [0.15, 0.2) is 48.7 Å². The molecular formula is C18H18IN3. The second-order valence-corrected chi connectivity index (χ2v) is 7.05. The van der Waals surface area contributed by atoms with E-state index in [2.05, 4.69) is 76.6 Å². The van der Waals surface area contributed by atoms with Crippen LogP contribution in [0.25, 0.3) is 16.6 Å². The van der Waals surface area contributed by atoms with E-state index in [4.69, 9.17) is 5.10 Å². The minimum absolute atomic E-state index is 0.653. The molecule has 0 saturated carbocycles. The van der Waals surface area contributed by atoms with Gasteiger partial charge in [-0.1, -0.05) is 24.3 Å². The number of fused-ring (bicyclic) bond motifs is 1. The van der Waals surface area contributed by atoms with Crippen molar-refractivity contribution in [3.05, 3.63) is 57.8 Å². The molecule has 0 amide bonds. The predicted octanol–water partition coefficient (Wildman–Crippen LogP) is 4.10. The lowest BCUT2D eigenvalue weighted by Gasteiger charge is -2.23. The van der Waals surface area contributed by atoms with Crippen LogP contribution in [-0.2, 0) is 0 Å². The molecule has 0 bridgehead atoms. The highest BCUT2D eigenvalue weighted by Crippen LogP contribution is 2.25. The number of aromatic nitrogens is 2. The molecule has 22 heavy (non-hydrogen) atoms. The maximum Gasteiger partial charge on any atom is 0.106 e. The predicted molar refractivity (Wildman–Crippen MR) is 98.6 cm³/mol. The molecule has 0 unspecified atom stereocenters. The third-order valence-electron chi connectivity index (χ3n) is 4.41. The summed E-state index contributed by atoms with van der Waals surface area (Å²) >= 11 is 2.34. The van der Waals surface area contributed by atoms with Crippen LogP contribution in [0.4, 0.5) is 0 Å². The summed E-state index contributed by atoms with van der Waals surface area (Å²) in [6.07, 6.45) is 4.67. The van der Waals surface area contributed by atoms with E-state index in [0.717, 1.165) is 24.3 Å². The van der Waals surface area contributed by atoms with Gasteiger partial charge in [-0.05, 0) is 71.7 Å². The number of piperidine rings is 1. The first-order valence-electron chi connectivity index (χ1n) is 7.76. The summed E-state index contributed by atoms with van der Waals surface area (Å²) in [5.74, 6) is 0.653. The first kappa shape index (κ1) is 14.2. The molecule has 0 spiro atoms. The lowest BCUT2D eigenvalue weighted by Crippen LogP contribution is -2.28. The van der Waals surface area contributed by atoms with Crippen molar-refractivity contribution in [2.24, 2.45) is 0 Å². The zero-order valence-electron chi connectivity index (χ0n) is 12.3. The van der Waals surface area contributed by atoms with E-state index in [1.165, 1.54) is 27.4 Å². The summed E-state index contributed by atoms with van der Waals surface area (Å²) < 4.78 is 3.18. The fourth-order valence-electron chi connectivity index (χ4n) is 3.18. The van der Waals surface area contributed by atoms with E-state index in [0.29, 0.717) is 5.92 Å². The van der Waals surface area contributed by atoms with Gasteiger partial charge in [-0.2, -0.15) is 5.10 Å². The van der Waals surface area contributed by atoms with Gasteiger partial charge in [0, 0.05) is 21.7 Å². The standard InChI is InChI=1S/C18H18IN3/c19-17-5-1-3-15-12-22(21-18(15)17)16-8-6-13(7-9-16)14-4-2-10-20-11-14/h1,3,5-9,12,14,20H,2,4,10-11H2/t14-/m1/s1. The first-order valence-corrected chi connectivity index (χ1v) is 8.84. The van der Waals surface area contributed by atoms with Gasteiger partial charge in [0.15, 0.2) is 0 Å². The molecular weight excluding hydrogens is 385 g/mol. The Hall–Kier alpha value is -1.40. The number of hydrogen-bond acceptors (Lipinski definition) is 2. The molecule has 3 nitrogen and oxygen atoms in total. The lowest BCUT2D eigenvalue weighted by molar-refractivity contribution is 0.461. The molecule has 1 aromatic heterocycles. The van der Waals surface area contributed by atoms with E-state index < -0.39 is 0 Å². The molecule has 112 valence electrons. The normalized spacial score (nSPS) is 18.7. The topological polar surface area (TPSA) is 29.9 Å². The van der Waals surface area contributed by atoms with Gasteiger partial charge in [-0.3, -0.25) is 0 Å². The third kappa shape index (κ3) is 2.65. The van der Waals surface area contributed by atoms with Gasteiger partial charge in [-0.25, -0.2) is 4.68 Å². The molecule has 0 aliphatic carbocycles. The Labute approximate surface area is 143 Å². The van der Waals surface area contributed by atoms with Gasteiger partial charge in [0.1, 0.15) is 5.52 Å². The van der Waals surface area contributed by atoms with Crippen LogP contribution in [0.1, 0.15) is 24.3 Å². The zero-order valence-corrected chi connectivity index (χ0v) is 14.5. The van der Waals surface area contributed by atoms with Gasteiger partial charge < -0.3 is 5.32 Å². The van der Waals surface area contributed by atoms with Crippen molar-refractivity contribution in [1.82, 2.24) is 15.1 Å². The molecule has 1 aliphatic rings. The maximum absolute atomic E-state index is 4.72. The first-order chi connectivity index (χ1) is 10.8. The maximum atomic E-state index is 4.72. The fraction of sp³-hybridized carbons (Fsp3) is 0.278. The van der Waals surface area contributed by atoms with Crippen LogP contribution >= 0.6 is 22.6 Å². The average molecular weight is 403 g/mol. The second-order valence-electron chi connectivity index (χ2n) is 5.89. The van der Waals surface area contributed by atoms with Gasteiger partial charge in [0.2, 0.25) is 0 Å². The highest BCUT2D eigenvalue weighted by Gasteiger charge is 2.15. The molecule has 1 saturated heterocycles. The van der Waals surface area contributed by atoms with Crippen molar-refractivity contribution in [3.8, 4) is 5.69 Å². The van der Waals surface area contributed by atoms with Crippen molar-refractivity contribution in [3.63, 3.8) is 0 Å². The fourth-order valence-corrected chi connectivity index (χ4v) is 3.80. The largest absolute Gasteiger partial charge is 0.316 e. The average Bonchev–Trinajstić information content (AvgIpc) is 3.02. The van der Waals surface area contributed by atoms with Crippen LogP contribution in [0.5, 0.6) is 0 Å². The smallest absolute Gasteiger partial charge is 0.106 e. The minimum atomic E-state index is 0.653. The quantitative estimate of drug-likeness (QED) is 0.654. The van der Waals surface area contributed by atoms with Gasteiger partial charge >= 0.3 is 0 Å². The SMILES string of the molecule is Ic1cccc2cn(-c3ccc([C@@H]4CCCNC4)cc3)nc12. The van der Waals surface area contributed by atoms with Crippen molar-refractivity contribution < 1.29 is 0 Å². The van der Waals surface area contributed by atoms with Gasteiger partial charge in [0.25, 0.3) is 0 Å². The van der Waals surface area contributed by atoms with Gasteiger partial charge in [0.05, 0.1) is 5.69 Å². The van der Waals surface area contributed by atoms with E-state index in [9.17, 15) is 0 Å². The Kier molecular flexibility index (Phi) is 3.88. The molecule has 2 heterocycles. The summed E-state index contributed by atoms with van der Waals surface area (Å²) in [6, 6.07) is 15.2. The molecule has 1 fully saturated rings. The van der Waals surface area contributed by atoms with E-state index in [1.807, 2.05) is 4.68 Å². The molecule has 1 N–H and O–H groups in total. The van der Waals surface area contributed by atoms with Crippen molar-refractivity contribution in [2.75, 3.05) is 13.1 Å². The molecule has 1 atom stereocenters. The van der Waals surface area contributed by atoms with E-state index >= 15 is 0 Å². The summed E-state index contributed by atoms with van der Waals surface area (Å²) in [5, 5.41) is 9.39. The Balaban J connectivity index is 1.65. The Bertz CT molecular complexity index is 786. The summed E-state index contributed by atoms with van der Waals surface area (Å²) in [4.78, 5) is 0. The Morgan fingerprint density at radius 1 is 1.14 bits per heavy atom. The number of benzene rings is 2. The lowest BCUT2D eigenvalue weighted by atomic mass is 9.92. The van der Waals surface area contributed by atoms with E-state index in [1.54, 1.807) is 0 Å². The van der Waals surface area contributed by atoms with Crippen LogP contribution in [0.3, 0.4) is 0 Å². The number of halogens is 1. The van der Waals surface area contributed by atoms with E-state index in [-0.39, 0.29) is 0 Å². The van der Waals surface area contributed by atoms with Crippen molar-refractivity contribution >= 4 is 33.5 Å². The summed E-state index contributed by atoms with van der Waals surface area (Å²) in [7, 11) is 0. The highest BCUT2D eigenvalue weighted by molar-refractivity contribution is 14.1. The molecule has 3 aromatic rings. The number of rotatable bonds is 2. The van der Waals surface area contributed by atoms with Crippen molar-refractivity contribution in [2.45, 2.75) is 18.8 Å².